The van der Waals surface area contributed by atoms with Gasteiger partial charge in [-0.05, 0) is 74.8 Å². The van der Waals surface area contributed by atoms with E-state index in [0.717, 1.165) is 40.2 Å². The van der Waals surface area contributed by atoms with Crippen molar-refractivity contribution < 1.29 is 4.79 Å². The summed E-state index contributed by atoms with van der Waals surface area (Å²) in [6, 6.07) is 8.44. The molecule has 0 atom stereocenters. The van der Waals surface area contributed by atoms with Crippen LogP contribution >= 0.6 is 15.9 Å². The van der Waals surface area contributed by atoms with Crippen molar-refractivity contribution in [3.63, 3.8) is 0 Å². The normalized spacial score (nSPS) is 15.4. The Morgan fingerprint density at radius 1 is 1.11 bits per heavy atom. The molecular weight excluding hydrogens is 404 g/mol. The van der Waals surface area contributed by atoms with Crippen molar-refractivity contribution in [2.24, 2.45) is 5.10 Å². The Hall–Kier alpha value is -1.92. The van der Waals surface area contributed by atoms with Crippen LogP contribution in [-0.2, 0) is 4.79 Å². The van der Waals surface area contributed by atoms with Gasteiger partial charge in [-0.3, -0.25) is 9.69 Å². The van der Waals surface area contributed by atoms with E-state index in [9.17, 15) is 4.79 Å². The summed E-state index contributed by atoms with van der Waals surface area (Å²) in [7, 11) is 0. The highest BCUT2D eigenvalue weighted by Gasteiger charge is 2.16. The maximum Gasteiger partial charge on any atom is 0.254 e. The molecule has 1 N–H and O–H groups in total. The fourth-order valence-electron chi connectivity index (χ4n) is 3.58. The summed E-state index contributed by atoms with van der Waals surface area (Å²) in [4.78, 5) is 14.3. The molecule has 1 aromatic heterocycles. The van der Waals surface area contributed by atoms with Crippen LogP contribution in [0.15, 0.2) is 33.8 Å². The number of carbonyl (C=O) groups is 1. The van der Waals surface area contributed by atoms with Crippen molar-refractivity contribution in [2.45, 2.75) is 40.0 Å². The van der Waals surface area contributed by atoms with Crippen LogP contribution in [0.5, 0.6) is 0 Å². The molecule has 1 saturated heterocycles. The van der Waals surface area contributed by atoms with Crippen molar-refractivity contribution in [3.8, 4) is 5.69 Å². The number of carbonyl (C=O) groups excluding carboxylic acids is 1. The minimum atomic E-state index is -0.0587. The molecule has 2 heterocycles. The first-order chi connectivity index (χ1) is 13.0. The summed E-state index contributed by atoms with van der Waals surface area (Å²) < 4.78 is 3.19. The molecule has 0 aliphatic carbocycles. The molecule has 1 aromatic carbocycles. The van der Waals surface area contributed by atoms with Crippen LogP contribution in [0.25, 0.3) is 5.69 Å². The molecule has 3 rings (SSSR count). The molecule has 144 valence electrons. The van der Waals surface area contributed by atoms with Gasteiger partial charge in [0.05, 0.1) is 12.8 Å². The van der Waals surface area contributed by atoms with E-state index in [-0.39, 0.29) is 5.91 Å². The fourth-order valence-corrected chi connectivity index (χ4v) is 4.15. The number of hydrogen-bond donors (Lipinski definition) is 1. The van der Waals surface area contributed by atoms with Crippen molar-refractivity contribution in [2.75, 3.05) is 19.6 Å². The standard InChI is InChI=1S/C21H27BrN4O/c1-15-7-9-18(10-8-15)26-16(2)19(21(22)17(26)3)13-23-24-20(27)14-25-11-5-4-6-12-25/h7-10,13H,4-6,11-12,14H2,1-3H3,(H,24,27)/b23-13-. The van der Waals surface area contributed by atoms with Crippen molar-refractivity contribution >= 4 is 28.1 Å². The van der Waals surface area contributed by atoms with Crippen LogP contribution in [0.2, 0.25) is 0 Å². The summed E-state index contributed by atoms with van der Waals surface area (Å²) in [5.41, 5.74) is 8.19. The zero-order chi connectivity index (χ0) is 19.4. The SMILES string of the molecule is Cc1ccc(-n2c(C)c(Br)c(/C=N\NC(=O)CN3CCCCC3)c2C)cc1. The molecule has 0 spiro atoms. The lowest BCUT2D eigenvalue weighted by Gasteiger charge is -2.25. The zero-order valence-corrected chi connectivity index (χ0v) is 17.8. The van der Waals surface area contributed by atoms with Gasteiger partial charge in [0, 0.05) is 27.1 Å². The van der Waals surface area contributed by atoms with Gasteiger partial charge >= 0.3 is 0 Å². The van der Waals surface area contributed by atoms with E-state index in [1.165, 1.54) is 24.8 Å². The predicted molar refractivity (Wildman–Crippen MR) is 114 cm³/mol. The number of benzene rings is 1. The number of rotatable bonds is 5. The van der Waals surface area contributed by atoms with Crippen LogP contribution in [0.4, 0.5) is 0 Å². The maximum absolute atomic E-state index is 12.1. The molecule has 1 amide bonds. The molecule has 0 bridgehead atoms. The quantitative estimate of drug-likeness (QED) is 0.573. The molecule has 0 saturated carbocycles. The number of likely N-dealkylation sites (tertiary alicyclic amines) is 1. The summed E-state index contributed by atoms with van der Waals surface area (Å²) in [5.74, 6) is -0.0587. The number of hydrazone groups is 1. The Morgan fingerprint density at radius 2 is 1.78 bits per heavy atom. The van der Waals surface area contributed by atoms with Gasteiger partial charge in [-0.25, -0.2) is 5.43 Å². The number of halogens is 1. The average molecular weight is 431 g/mol. The lowest BCUT2D eigenvalue weighted by molar-refractivity contribution is -0.122. The Bertz CT molecular complexity index is 833. The Balaban J connectivity index is 1.71. The van der Waals surface area contributed by atoms with Crippen LogP contribution in [0.3, 0.4) is 0 Å². The summed E-state index contributed by atoms with van der Waals surface area (Å²) >= 11 is 3.68. The lowest BCUT2D eigenvalue weighted by atomic mass is 10.1. The molecule has 2 aromatic rings. The monoisotopic (exact) mass is 430 g/mol. The van der Waals surface area contributed by atoms with Gasteiger partial charge in [0.2, 0.25) is 0 Å². The highest BCUT2D eigenvalue weighted by molar-refractivity contribution is 9.10. The molecule has 1 aliphatic heterocycles. The van der Waals surface area contributed by atoms with Crippen LogP contribution in [0.1, 0.15) is 41.8 Å². The van der Waals surface area contributed by atoms with Crippen LogP contribution < -0.4 is 5.43 Å². The van der Waals surface area contributed by atoms with Gasteiger partial charge in [0.15, 0.2) is 0 Å². The highest BCUT2D eigenvalue weighted by Crippen LogP contribution is 2.29. The first-order valence-corrected chi connectivity index (χ1v) is 10.3. The third-order valence-corrected chi connectivity index (χ3v) is 6.11. The number of amides is 1. The van der Waals surface area contributed by atoms with Gasteiger partial charge in [0.25, 0.3) is 5.91 Å². The molecule has 0 unspecified atom stereocenters. The van der Waals surface area contributed by atoms with E-state index in [4.69, 9.17) is 0 Å². The molecule has 1 fully saturated rings. The molecule has 0 radical (unpaired) electrons. The predicted octanol–water partition coefficient (Wildman–Crippen LogP) is 4.10. The number of piperidine rings is 1. The van der Waals surface area contributed by atoms with Crippen LogP contribution in [-0.4, -0.2) is 41.2 Å². The first kappa shape index (κ1) is 19.8. The van der Waals surface area contributed by atoms with Gasteiger partial charge in [-0.1, -0.05) is 24.1 Å². The van der Waals surface area contributed by atoms with E-state index in [1.807, 2.05) is 0 Å². The molecule has 27 heavy (non-hydrogen) atoms. The Morgan fingerprint density at radius 3 is 2.44 bits per heavy atom. The van der Waals surface area contributed by atoms with E-state index in [1.54, 1.807) is 6.21 Å². The van der Waals surface area contributed by atoms with Crippen LogP contribution in [0, 0.1) is 20.8 Å². The lowest BCUT2D eigenvalue weighted by Crippen LogP contribution is -2.38. The van der Waals surface area contributed by atoms with Gasteiger partial charge in [-0.15, -0.1) is 0 Å². The second kappa shape index (κ2) is 8.85. The van der Waals surface area contributed by atoms with E-state index in [2.05, 4.69) is 81.0 Å². The van der Waals surface area contributed by atoms with Gasteiger partial charge in [-0.2, -0.15) is 5.10 Å². The third-order valence-electron chi connectivity index (χ3n) is 5.11. The second-order valence-electron chi connectivity index (χ2n) is 7.20. The molecule has 6 heteroatoms. The second-order valence-corrected chi connectivity index (χ2v) is 7.99. The third kappa shape index (κ3) is 4.68. The fraction of sp³-hybridized carbons (Fsp3) is 0.429. The number of hydrogen-bond acceptors (Lipinski definition) is 3. The minimum Gasteiger partial charge on any atom is -0.317 e. The Kier molecular flexibility index (Phi) is 6.50. The molecular formula is C21H27BrN4O. The summed E-state index contributed by atoms with van der Waals surface area (Å²) in [6.07, 6.45) is 5.34. The van der Waals surface area contributed by atoms with E-state index < -0.39 is 0 Å². The summed E-state index contributed by atoms with van der Waals surface area (Å²) in [5, 5.41) is 4.20. The average Bonchev–Trinajstić information content (AvgIpc) is 2.87. The maximum atomic E-state index is 12.1. The number of aromatic nitrogens is 1. The van der Waals surface area contributed by atoms with Gasteiger partial charge < -0.3 is 4.57 Å². The number of aryl methyl sites for hydroxylation is 1. The van der Waals surface area contributed by atoms with Crippen molar-refractivity contribution in [3.05, 3.63) is 51.3 Å². The largest absolute Gasteiger partial charge is 0.317 e. The molecule has 1 aliphatic rings. The molecule has 5 nitrogen and oxygen atoms in total. The van der Waals surface area contributed by atoms with E-state index >= 15 is 0 Å². The van der Waals surface area contributed by atoms with Crippen molar-refractivity contribution in [1.82, 2.24) is 14.9 Å². The smallest absolute Gasteiger partial charge is 0.254 e. The number of nitrogens with zero attached hydrogens (tertiary/aromatic N) is 3. The topological polar surface area (TPSA) is 49.6 Å². The Labute approximate surface area is 169 Å². The summed E-state index contributed by atoms with van der Waals surface area (Å²) in [6.45, 7) is 8.64. The van der Waals surface area contributed by atoms with Gasteiger partial charge in [0.1, 0.15) is 0 Å². The number of nitrogens with one attached hydrogen (secondary N) is 1. The zero-order valence-electron chi connectivity index (χ0n) is 16.3. The van der Waals surface area contributed by atoms with E-state index in [0.29, 0.717) is 6.54 Å². The minimum absolute atomic E-state index is 0.0587. The highest BCUT2D eigenvalue weighted by atomic mass is 79.9. The first-order valence-electron chi connectivity index (χ1n) is 9.46. The van der Waals surface area contributed by atoms with Crippen molar-refractivity contribution in [1.29, 1.82) is 0 Å².